The lowest BCUT2D eigenvalue weighted by atomic mass is 9.95. The molecule has 0 bridgehead atoms. The molecular formula is C30H39Cl3N8O3S. The van der Waals surface area contributed by atoms with Gasteiger partial charge in [-0.05, 0) is 49.1 Å². The second-order valence-corrected chi connectivity index (χ2v) is 13.4. The first-order chi connectivity index (χ1) is 21.2. The molecule has 1 atom stereocenters. The van der Waals surface area contributed by atoms with Gasteiger partial charge >= 0.3 is 5.97 Å². The summed E-state index contributed by atoms with van der Waals surface area (Å²) in [6.07, 6.45) is 5.35. The summed E-state index contributed by atoms with van der Waals surface area (Å²) in [5.41, 5.74) is 3.22. The van der Waals surface area contributed by atoms with E-state index in [-0.39, 0.29) is 19.0 Å². The van der Waals surface area contributed by atoms with Gasteiger partial charge in [0.15, 0.2) is 5.82 Å². The Balaban J connectivity index is 0.00000461. The number of aromatic nitrogens is 2. The molecule has 0 spiro atoms. The summed E-state index contributed by atoms with van der Waals surface area (Å²) in [4.78, 5) is 26.7. The molecule has 244 valence electrons. The number of para-hydroxylation sites is 2. The zero-order valence-electron chi connectivity index (χ0n) is 25.3. The van der Waals surface area contributed by atoms with E-state index >= 15 is 0 Å². The van der Waals surface area contributed by atoms with Crippen LogP contribution in [0.25, 0.3) is 0 Å². The van der Waals surface area contributed by atoms with Crippen LogP contribution in [-0.4, -0.2) is 101 Å². The highest BCUT2D eigenvalue weighted by atomic mass is 35.5. The van der Waals surface area contributed by atoms with E-state index in [1.807, 2.05) is 41.3 Å². The minimum atomic E-state index is -1.20. The maximum absolute atomic E-state index is 12.1. The number of piperazine rings is 1. The molecule has 0 aliphatic carbocycles. The van der Waals surface area contributed by atoms with Crippen LogP contribution in [0.15, 0.2) is 48.7 Å². The van der Waals surface area contributed by atoms with Crippen molar-refractivity contribution >= 4 is 87.1 Å². The Morgan fingerprint density at radius 1 is 1.00 bits per heavy atom. The molecule has 3 aromatic rings. The van der Waals surface area contributed by atoms with Crippen molar-refractivity contribution in [2.45, 2.75) is 12.8 Å². The van der Waals surface area contributed by atoms with Gasteiger partial charge in [0.1, 0.15) is 16.0 Å². The van der Waals surface area contributed by atoms with Crippen LogP contribution < -0.4 is 19.8 Å². The normalized spacial score (nSPS) is 16.9. The molecule has 45 heavy (non-hydrogen) atoms. The average Bonchev–Trinajstić information content (AvgIpc) is 3.01. The summed E-state index contributed by atoms with van der Waals surface area (Å²) in [6.45, 7) is 6.61. The number of carboxylic acids is 1. The third-order valence-corrected chi connectivity index (χ3v) is 9.70. The molecule has 0 radical (unpaired) electrons. The first-order valence-electron chi connectivity index (χ1n) is 14.6. The fraction of sp³-hybridized carbons (Fsp3) is 0.433. The van der Waals surface area contributed by atoms with E-state index in [1.165, 1.54) is 6.20 Å². The van der Waals surface area contributed by atoms with Gasteiger partial charge in [-0.3, -0.25) is 14.0 Å². The quantitative estimate of drug-likeness (QED) is 0.243. The average molecular weight is 698 g/mol. The molecule has 3 heterocycles. The standard InChI is InChI=1S/C30H38Cl2N8O3S.ClH/c1-37(44(2)43)27-6-4-3-5-26(27)34-29-24(32)18-33-30(36-29)35-25-8-7-22(17-23(25)31)40-11-9-21(10-12-40)19-38-13-15-39(16-14-38)20-28(41)42;/h3-8,17-18,21H,9-16,19-20H2,1-2H3,(H,41,42)(H2,33,34,35,36);1H. The zero-order valence-corrected chi connectivity index (χ0v) is 28.4. The molecule has 2 aromatic carbocycles. The lowest BCUT2D eigenvalue weighted by Gasteiger charge is -2.39. The number of nitrogens with one attached hydrogen (secondary N) is 2. The number of rotatable bonds is 11. The third kappa shape index (κ3) is 9.34. The summed E-state index contributed by atoms with van der Waals surface area (Å²) >= 11 is 13.1. The number of piperidine rings is 1. The molecule has 5 rings (SSSR count). The maximum atomic E-state index is 12.1. The summed E-state index contributed by atoms with van der Waals surface area (Å²) in [7, 11) is 0.558. The van der Waals surface area contributed by atoms with Gasteiger partial charge < -0.3 is 25.5 Å². The van der Waals surface area contributed by atoms with E-state index in [4.69, 9.17) is 28.3 Å². The monoisotopic (exact) mass is 696 g/mol. The first kappa shape index (κ1) is 35.0. The lowest BCUT2D eigenvalue weighted by Crippen LogP contribution is -2.49. The van der Waals surface area contributed by atoms with Gasteiger partial charge in [0.25, 0.3) is 0 Å². The number of carbonyl (C=O) groups is 1. The minimum absolute atomic E-state index is 0. The molecule has 1 unspecified atom stereocenters. The number of anilines is 6. The van der Waals surface area contributed by atoms with Crippen molar-refractivity contribution in [2.75, 3.05) is 85.5 Å². The van der Waals surface area contributed by atoms with Crippen molar-refractivity contribution in [1.29, 1.82) is 0 Å². The number of aliphatic carboxylic acids is 1. The number of carboxylic acid groups (broad SMARTS) is 1. The van der Waals surface area contributed by atoms with Crippen molar-refractivity contribution in [3.05, 3.63) is 58.7 Å². The van der Waals surface area contributed by atoms with Gasteiger partial charge in [0, 0.05) is 64.8 Å². The maximum Gasteiger partial charge on any atom is 0.317 e. The molecule has 1 aromatic heterocycles. The number of benzene rings is 2. The van der Waals surface area contributed by atoms with E-state index in [0.29, 0.717) is 39.1 Å². The highest BCUT2D eigenvalue weighted by Crippen LogP contribution is 2.34. The Hall–Kier alpha value is -2.87. The molecule has 11 nitrogen and oxygen atoms in total. The Labute approximate surface area is 282 Å². The number of hydrogen-bond acceptors (Lipinski definition) is 9. The van der Waals surface area contributed by atoms with E-state index in [0.717, 1.165) is 70.0 Å². The molecule has 15 heteroatoms. The van der Waals surface area contributed by atoms with Crippen molar-refractivity contribution in [1.82, 2.24) is 19.8 Å². The van der Waals surface area contributed by atoms with E-state index in [9.17, 15) is 9.00 Å². The Morgan fingerprint density at radius 2 is 1.69 bits per heavy atom. The Morgan fingerprint density at radius 3 is 2.36 bits per heavy atom. The van der Waals surface area contributed by atoms with Crippen LogP contribution >= 0.6 is 35.6 Å². The van der Waals surface area contributed by atoms with Gasteiger partial charge in [0.2, 0.25) is 5.95 Å². The third-order valence-electron chi connectivity index (χ3n) is 8.15. The van der Waals surface area contributed by atoms with E-state index in [2.05, 4.69) is 36.5 Å². The molecule has 2 aliphatic heterocycles. The first-order valence-corrected chi connectivity index (χ1v) is 16.9. The Kier molecular flexibility index (Phi) is 12.5. The summed E-state index contributed by atoms with van der Waals surface area (Å²) in [5.74, 6) is 0.620. The minimum Gasteiger partial charge on any atom is -0.480 e. The predicted molar refractivity (Wildman–Crippen MR) is 187 cm³/mol. The van der Waals surface area contributed by atoms with Crippen LogP contribution in [0, 0.1) is 5.92 Å². The van der Waals surface area contributed by atoms with Crippen LogP contribution in [0.3, 0.4) is 0 Å². The topological polar surface area (TPSA) is 117 Å². The van der Waals surface area contributed by atoms with Gasteiger partial charge in [-0.1, -0.05) is 35.3 Å². The second-order valence-electron chi connectivity index (χ2n) is 11.1. The van der Waals surface area contributed by atoms with Crippen molar-refractivity contribution < 1.29 is 14.1 Å². The van der Waals surface area contributed by atoms with Crippen LogP contribution in [0.1, 0.15) is 12.8 Å². The van der Waals surface area contributed by atoms with E-state index in [1.54, 1.807) is 17.6 Å². The number of hydrogen-bond donors (Lipinski definition) is 3. The van der Waals surface area contributed by atoms with Crippen molar-refractivity contribution in [3.63, 3.8) is 0 Å². The van der Waals surface area contributed by atoms with Crippen LogP contribution in [0.2, 0.25) is 10.0 Å². The SMILES string of the molecule is CN(c1ccccc1Nc1nc(Nc2ccc(N3CCC(CN4CCN(CC(=O)O)CC4)CC3)cc2Cl)ncc1Cl)S(C)=O.Cl. The second kappa shape index (κ2) is 16.1. The molecule has 0 amide bonds. The summed E-state index contributed by atoms with van der Waals surface area (Å²) in [6, 6.07) is 13.5. The summed E-state index contributed by atoms with van der Waals surface area (Å²) in [5, 5.41) is 16.4. The Bertz CT molecular complexity index is 1490. The van der Waals surface area contributed by atoms with Gasteiger partial charge in [0.05, 0.1) is 34.8 Å². The molecule has 2 aliphatic rings. The number of halogens is 3. The largest absolute Gasteiger partial charge is 0.480 e. The van der Waals surface area contributed by atoms with Crippen LogP contribution in [0.5, 0.6) is 0 Å². The molecule has 2 saturated heterocycles. The van der Waals surface area contributed by atoms with Gasteiger partial charge in [-0.2, -0.15) is 4.98 Å². The fourth-order valence-corrected chi connectivity index (χ4v) is 6.41. The van der Waals surface area contributed by atoms with Crippen LogP contribution in [-0.2, 0) is 15.8 Å². The highest BCUT2D eigenvalue weighted by Gasteiger charge is 2.25. The van der Waals surface area contributed by atoms with Crippen LogP contribution in [0.4, 0.5) is 34.5 Å². The van der Waals surface area contributed by atoms with Gasteiger partial charge in [-0.25, -0.2) is 9.19 Å². The molecule has 2 fully saturated rings. The summed E-state index contributed by atoms with van der Waals surface area (Å²) < 4.78 is 13.7. The van der Waals surface area contributed by atoms with Crippen molar-refractivity contribution in [3.8, 4) is 0 Å². The smallest absolute Gasteiger partial charge is 0.317 e. The molecule has 0 saturated carbocycles. The highest BCUT2D eigenvalue weighted by molar-refractivity contribution is 7.85. The molecule has 3 N–H and O–H groups in total. The molecular weight excluding hydrogens is 659 g/mol. The van der Waals surface area contributed by atoms with Crippen molar-refractivity contribution in [2.24, 2.45) is 5.92 Å². The van der Waals surface area contributed by atoms with Gasteiger partial charge in [-0.15, -0.1) is 12.4 Å². The predicted octanol–water partition coefficient (Wildman–Crippen LogP) is 5.34. The zero-order chi connectivity index (χ0) is 31.2. The van der Waals surface area contributed by atoms with E-state index < -0.39 is 17.0 Å². The lowest BCUT2D eigenvalue weighted by molar-refractivity contribution is -0.138. The number of nitrogens with zero attached hydrogens (tertiary/aromatic N) is 6. The fourth-order valence-electron chi connectivity index (χ4n) is 5.62.